The summed E-state index contributed by atoms with van der Waals surface area (Å²) in [6.07, 6.45) is 0. The Morgan fingerprint density at radius 1 is 1.75 bits per heavy atom. The fourth-order valence-electron chi connectivity index (χ4n) is 1.14. The summed E-state index contributed by atoms with van der Waals surface area (Å²) >= 11 is 1.50. The van der Waals surface area contributed by atoms with Crippen LogP contribution in [0.1, 0.15) is 20.8 Å². The standard InChI is InChI=1S/C8H13NO2S/c1-4-11-8(10)7-5(2)9-6(3)12-7/h5,7H,4H2,1-3H3/t5-,7-/m0/s1. The van der Waals surface area contributed by atoms with E-state index in [0.717, 1.165) is 5.04 Å². The molecule has 0 N–H and O–H groups in total. The van der Waals surface area contributed by atoms with Crippen LogP contribution in [0.3, 0.4) is 0 Å². The number of thioether (sulfide) groups is 1. The summed E-state index contributed by atoms with van der Waals surface area (Å²) < 4.78 is 4.91. The summed E-state index contributed by atoms with van der Waals surface area (Å²) in [5, 5.41) is 0.852. The molecule has 1 aliphatic rings. The van der Waals surface area contributed by atoms with E-state index in [1.807, 2.05) is 20.8 Å². The van der Waals surface area contributed by atoms with Crippen molar-refractivity contribution in [3.63, 3.8) is 0 Å². The normalized spacial score (nSPS) is 28.4. The average Bonchev–Trinajstić information content (AvgIpc) is 2.30. The molecule has 0 amide bonds. The summed E-state index contributed by atoms with van der Waals surface area (Å²) in [7, 11) is 0. The predicted octanol–water partition coefficient (Wildman–Crippen LogP) is 1.47. The monoisotopic (exact) mass is 187 g/mol. The van der Waals surface area contributed by atoms with Crippen molar-refractivity contribution in [3.05, 3.63) is 0 Å². The van der Waals surface area contributed by atoms with E-state index < -0.39 is 0 Å². The van der Waals surface area contributed by atoms with Gasteiger partial charge in [0, 0.05) is 0 Å². The number of aliphatic imine (C=N–C) groups is 1. The van der Waals surface area contributed by atoms with Crippen LogP contribution >= 0.6 is 11.8 Å². The molecule has 0 bridgehead atoms. The molecule has 0 aromatic heterocycles. The van der Waals surface area contributed by atoms with Gasteiger partial charge in [-0.1, -0.05) is 11.8 Å². The van der Waals surface area contributed by atoms with Crippen LogP contribution in [-0.2, 0) is 9.53 Å². The first-order chi connectivity index (χ1) is 5.65. The molecule has 0 aliphatic carbocycles. The van der Waals surface area contributed by atoms with E-state index >= 15 is 0 Å². The summed E-state index contributed by atoms with van der Waals surface area (Å²) in [6, 6.07) is 0.0639. The van der Waals surface area contributed by atoms with Gasteiger partial charge >= 0.3 is 5.97 Å². The van der Waals surface area contributed by atoms with E-state index in [1.165, 1.54) is 11.8 Å². The first-order valence-corrected chi connectivity index (χ1v) is 4.90. The molecule has 1 aliphatic heterocycles. The van der Waals surface area contributed by atoms with E-state index in [0.29, 0.717) is 6.61 Å². The zero-order chi connectivity index (χ0) is 9.14. The quantitative estimate of drug-likeness (QED) is 0.614. The minimum atomic E-state index is -0.143. The Morgan fingerprint density at radius 2 is 2.42 bits per heavy atom. The number of ether oxygens (including phenoxy) is 1. The highest BCUT2D eigenvalue weighted by molar-refractivity contribution is 8.15. The molecule has 0 unspecified atom stereocenters. The fourth-order valence-corrected chi connectivity index (χ4v) is 2.15. The number of rotatable bonds is 2. The maximum atomic E-state index is 11.3. The SMILES string of the molecule is CCOC(=O)[C@H]1SC(C)=N[C@H]1C. The molecule has 4 heteroatoms. The zero-order valence-electron chi connectivity index (χ0n) is 7.53. The predicted molar refractivity (Wildman–Crippen MR) is 50.6 cm³/mol. The third-order valence-corrected chi connectivity index (χ3v) is 2.93. The molecule has 0 saturated heterocycles. The van der Waals surface area contributed by atoms with Crippen molar-refractivity contribution in [2.24, 2.45) is 4.99 Å². The number of esters is 1. The minimum absolute atomic E-state index is 0.0639. The summed E-state index contributed by atoms with van der Waals surface area (Å²) in [5.74, 6) is -0.143. The van der Waals surface area contributed by atoms with E-state index in [1.54, 1.807) is 0 Å². The number of nitrogens with zero attached hydrogens (tertiary/aromatic N) is 1. The number of hydrogen-bond donors (Lipinski definition) is 0. The molecule has 1 rings (SSSR count). The minimum Gasteiger partial charge on any atom is -0.465 e. The maximum absolute atomic E-state index is 11.3. The molecule has 0 radical (unpaired) electrons. The number of hydrogen-bond acceptors (Lipinski definition) is 4. The number of carbonyl (C=O) groups excluding carboxylic acids is 1. The Morgan fingerprint density at radius 3 is 2.83 bits per heavy atom. The van der Waals surface area contributed by atoms with E-state index in [9.17, 15) is 4.79 Å². The van der Waals surface area contributed by atoms with Crippen LogP contribution in [0.5, 0.6) is 0 Å². The first-order valence-electron chi connectivity index (χ1n) is 4.03. The lowest BCUT2D eigenvalue weighted by Crippen LogP contribution is -2.26. The van der Waals surface area contributed by atoms with Gasteiger partial charge in [-0.15, -0.1) is 0 Å². The van der Waals surface area contributed by atoms with Crippen LogP contribution < -0.4 is 0 Å². The molecular weight excluding hydrogens is 174 g/mol. The molecule has 1 heterocycles. The summed E-state index contributed by atoms with van der Waals surface area (Å²) in [5.41, 5.74) is 0. The third-order valence-electron chi connectivity index (χ3n) is 1.64. The van der Waals surface area contributed by atoms with Crippen LogP contribution in [0.15, 0.2) is 4.99 Å². The largest absolute Gasteiger partial charge is 0.465 e. The van der Waals surface area contributed by atoms with Crippen LogP contribution in [0, 0.1) is 0 Å². The molecular formula is C8H13NO2S. The molecule has 3 nitrogen and oxygen atoms in total. The van der Waals surface area contributed by atoms with Gasteiger partial charge in [0.15, 0.2) is 0 Å². The van der Waals surface area contributed by atoms with Crippen molar-refractivity contribution in [1.29, 1.82) is 0 Å². The Hall–Kier alpha value is -0.510. The molecule has 12 heavy (non-hydrogen) atoms. The highest BCUT2D eigenvalue weighted by Crippen LogP contribution is 2.27. The Kier molecular flexibility index (Phi) is 3.14. The molecule has 68 valence electrons. The van der Waals surface area contributed by atoms with Crippen molar-refractivity contribution in [2.45, 2.75) is 32.1 Å². The van der Waals surface area contributed by atoms with Gasteiger partial charge in [0.2, 0.25) is 0 Å². The van der Waals surface area contributed by atoms with Crippen LogP contribution in [0.4, 0.5) is 0 Å². The van der Waals surface area contributed by atoms with E-state index in [4.69, 9.17) is 4.74 Å². The lowest BCUT2D eigenvalue weighted by Gasteiger charge is -2.10. The topological polar surface area (TPSA) is 38.7 Å². The summed E-state index contributed by atoms with van der Waals surface area (Å²) in [4.78, 5) is 15.5. The van der Waals surface area contributed by atoms with Gasteiger partial charge < -0.3 is 4.74 Å². The van der Waals surface area contributed by atoms with Crippen molar-refractivity contribution in [1.82, 2.24) is 0 Å². The maximum Gasteiger partial charge on any atom is 0.321 e. The second-order valence-corrected chi connectivity index (χ2v) is 4.01. The van der Waals surface area contributed by atoms with Gasteiger partial charge in [0.25, 0.3) is 0 Å². The Balaban J connectivity index is 2.51. The van der Waals surface area contributed by atoms with Crippen LogP contribution in [0.2, 0.25) is 0 Å². The van der Waals surface area contributed by atoms with Crippen molar-refractivity contribution in [2.75, 3.05) is 6.61 Å². The van der Waals surface area contributed by atoms with Gasteiger partial charge in [0.1, 0.15) is 5.25 Å². The summed E-state index contributed by atoms with van der Waals surface area (Å²) in [6.45, 7) is 6.11. The second-order valence-electron chi connectivity index (χ2n) is 2.68. The smallest absolute Gasteiger partial charge is 0.321 e. The fraction of sp³-hybridized carbons (Fsp3) is 0.750. The Labute approximate surface area is 76.6 Å². The van der Waals surface area contributed by atoms with Crippen molar-refractivity contribution in [3.8, 4) is 0 Å². The van der Waals surface area contributed by atoms with Crippen LogP contribution in [0.25, 0.3) is 0 Å². The van der Waals surface area contributed by atoms with E-state index in [2.05, 4.69) is 4.99 Å². The second kappa shape index (κ2) is 3.94. The van der Waals surface area contributed by atoms with Crippen LogP contribution in [-0.4, -0.2) is 28.9 Å². The van der Waals surface area contributed by atoms with Crippen molar-refractivity contribution >= 4 is 22.8 Å². The van der Waals surface area contributed by atoms with Gasteiger partial charge in [-0.05, 0) is 20.8 Å². The Bertz CT molecular complexity index is 215. The first kappa shape index (κ1) is 9.58. The molecule has 0 fully saturated rings. The van der Waals surface area contributed by atoms with Crippen molar-refractivity contribution < 1.29 is 9.53 Å². The third kappa shape index (κ3) is 2.00. The average molecular weight is 187 g/mol. The lowest BCUT2D eigenvalue weighted by molar-refractivity contribution is -0.142. The van der Waals surface area contributed by atoms with Gasteiger partial charge in [-0.2, -0.15) is 0 Å². The molecule has 0 aromatic rings. The van der Waals surface area contributed by atoms with Gasteiger partial charge in [-0.25, -0.2) is 0 Å². The molecule has 0 saturated carbocycles. The molecule has 0 spiro atoms. The lowest BCUT2D eigenvalue weighted by atomic mass is 10.2. The van der Waals surface area contributed by atoms with Gasteiger partial charge in [-0.3, -0.25) is 9.79 Å². The highest BCUT2D eigenvalue weighted by Gasteiger charge is 2.32. The highest BCUT2D eigenvalue weighted by atomic mass is 32.2. The zero-order valence-corrected chi connectivity index (χ0v) is 8.35. The number of carbonyl (C=O) groups is 1. The van der Waals surface area contributed by atoms with E-state index in [-0.39, 0.29) is 17.3 Å². The van der Waals surface area contributed by atoms with Gasteiger partial charge in [0.05, 0.1) is 17.7 Å². The molecule has 2 atom stereocenters. The molecule has 0 aromatic carbocycles.